The van der Waals surface area contributed by atoms with Crippen LogP contribution in [0.3, 0.4) is 0 Å². The van der Waals surface area contributed by atoms with Gasteiger partial charge in [0, 0.05) is 6.04 Å². The molecule has 1 aliphatic carbocycles. The lowest BCUT2D eigenvalue weighted by Gasteiger charge is -2.40. The molecule has 0 aromatic heterocycles. The third-order valence-corrected chi connectivity index (χ3v) is 7.83. The van der Waals surface area contributed by atoms with E-state index in [1.165, 1.54) is 0 Å². The van der Waals surface area contributed by atoms with E-state index in [0.29, 0.717) is 16.8 Å². The lowest BCUT2D eigenvalue weighted by Crippen LogP contribution is -2.49. The summed E-state index contributed by atoms with van der Waals surface area (Å²) in [5.41, 5.74) is 2.70. The smallest absolute Gasteiger partial charge is 0.189 e. The van der Waals surface area contributed by atoms with Crippen molar-refractivity contribution in [3.8, 4) is 0 Å². The number of nitrogens with one attached hydrogen (secondary N) is 1. The molecule has 116 valence electrons. The summed E-state index contributed by atoms with van der Waals surface area (Å²) in [4.78, 5) is 0.401. The van der Waals surface area contributed by atoms with Crippen LogP contribution in [0, 0.1) is 0 Å². The van der Waals surface area contributed by atoms with Gasteiger partial charge in [0.05, 0.1) is 4.90 Å². The van der Waals surface area contributed by atoms with Crippen molar-refractivity contribution in [3.05, 3.63) is 59.7 Å². The highest BCUT2D eigenvalue weighted by Crippen LogP contribution is 2.49. The van der Waals surface area contributed by atoms with E-state index in [0.717, 1.165) is 30.5 Å². The fourth-order valence-electron chi connectivity index (χ4n) is 4.24. The Bertz CT molecular complexity index is 851. The molecule has 3 nitrogen and oxygen atoms in total. The number of hydrogen-bond donors (Lipinski definition) is 1. The van der Waals surface area contributed by atoms with Gasteiger partial charge in [-0.15, -0.1) is 0 Å². The average molecular weight is 323 g/mol. The van der Waals surface area contributed by atoms with Gasteiger partial charge in [0.1, 0.15) is 12.6 Å². The van der Waals surface area contributed by atoms with E-state index in [4.69, 9.17) is 7.85 Å². The zero-order chi connectivity index (χ0) is 16.1. The van der Waals surface area contributed by atoms with E-state index in [1.54, 1.807) is 24.3 Å². The van der Waals surface area contributed by atoms with E-state index in [9.17, 15) is 8.42 Å². The molecule has 5 heteroatoms. The molecular weight excluding hydrogens is 305 g/mol. The summed E-state index contributed by atoms with van der Waals surface area (Å²) in [5, 5.41) is 3.42. The SMILES string of the molecule is [B]c1ccc2c(c1)CCC1NCCC21S(=O)(=O)c1ccccc1. The fraction of sp³-hybridized carbons (Fsp3) is 0.333. The first-order valence-electron chi connectivity index (χ1n) is 7.98. The van der Waals surface area contributed by atoms with Gasteiger partial charge < -0.3 is 5.32 Å². The van der Waals surface area contributed by atoms with Gasteiger partial charge in [0.2, 0.25) is 0 Å². The molecule has 23 heavy (non-hydrogen) atoms. The van der Waals surface area contributed by atoms with Gasteiger partial charge in [-0.05, 0) is 49.1 Å². The van der Waals surface area contributed by atoms with Crippen LogP contribution in [0.5, 0.6) is 0 Å². The number of fused-ring (bicyclic) bond motifs is 3. The van der Waals surface area contributed by atoms with Crippen molar-refractivity contribution < 1.29 is 8.42 Å². The molecule has 2 radical (unpaired) electrons. The minimum Gasteiger partial charge on any atom is -0.312 e. The Balaban J connectivity index is 1.98. The summed E-state index contributed by atoms with van der Waals surface area (Å²) in [5.74, 6) is 0. The average Bonchev–Trinajstić information content (AvgIpc) is 3.01. The molecule has 2 aliphatic rings. The number of sulfone groups is 1. The highest BCUT2D eigenvalue weighted by atomic mass is 32.2. The number of aryl methyl sites for hydroxylation is 1. The second-order valence-electron chi connectivity index (χ2n) is 6.42. The van der Waals surface area contributed by atoms with Crippen molar-refractivity contribution in [1.82, 2.24) is 5.32 Å². The number of rotatable bonds is 2. The van der Waals surface area contributed by atoms with Gasteiger partial charge in [0.15, 0.2) is 9.84 Å². The molecule has 0 bridgehead atoms. The summed E-state index contributed by atoms with van der Waals surface area (Å²) >= 11 is 0. The molecule has 2 unspecified atom stereocenters. The summed E-state index contributed by atoms with van der Waals surface area (Å²) in [6.07, 6.45) is 2.29. The number of hydrogen-bond acceptors (Lipinski definition) is 3. The lowest BCUT2D eigenvalue weighted by atomic mass is 9.77. The highest BCUT2D eigenvalue weighted by Gasteiger charge is 2.56. The van der Waals surface area contributed by atoms with Crippen LogP contribution in [0.4, 0.5) is 0 Å². The Kier molecular flexibility index (Phi) is 3.39. The molecule has 1 aliphatic heterocycles. The van der Waals surface area contributed by atoms with E-state index in [2.05, 4.69) is 5.32 Å². The van der Waals surface area contributed by atoms with Crippen molar-refractivity contribution >= 4 is 23.1 Å². The molecule has 0 amide bonds. The van der Waals surface area contributed by atoms with Crippen LogP contribution >= 0.6 is 0 Å². The van der Waals surface area contributed by atoms with Gasteiger partial charge in [-0.25, -0.2) is 8.42 Å². The van der Waals surface area contributed by atoms with Crippen LogP contribution in [0.1, 0.15) is 24.0 Å². The standard InChI is InChI=1S/C18H18BNO2S/c19-14-7-8-16-13(12-14)6-9-17-18(16,10-11-20-17)23(21,22)15-4-2-1-3-5-15/h1-5,7-8,12,17,20H,6,9-11H2. The predicted octanol–water partition coefficient (Wildman–Crippen LogP) is 1.46. The highest BCUT2D eigenvalue weighted by molar-refractivity contribution is 7.92. The Hall–Kier alpha value is -1.59. The molecule has 2 aromatic carbocycles. The normalized spacial score (nSPS) is 26.5. The first-order chi connectivity index (χ1) is 11.1. The van der Waals surface area contributed by atoms with E-state index >= 15 is 0 Å². The van der Waals surface area contributed by atoms with Crippen LogP contribution in [0.15, 0.2) is 53.4 Å². The zero-order valence-corrected chi connectivity index (χ0v) is 13.6. The maximum absolute atomic E-state index is 13.6. The molecule has 0 spiro atoms. The maximum atomic E-state index is 13.6. The van der Waals surface area contributed by atoms with Gasteiger partial charge in [-0.2, -0.15) is 0 Å². The van der Waals surface area contributed by atoms with Crippen molar-refractivity contribution in [1.29, 1.82) is 0 Å². The van der Waals surface area contributed by atoms with Gasteiger partial charge in [-0.3, -0.25) is 0 Å². The molecule has 1 fully saturated rings. The second kappa shape index (κ2) is 5.21. The summed E-state index contributed by atoms with van der Waals surface area (Å²) in [6, 6.07) is 14.5. The summed E-state index contributed by atoms with van der Waals surface area (Å²) < 4.78 is 26.3. The summed E-state index contributed by atoms with van der Waals surface area (Å²) in [6.45, 7) is 0.723. The van der Waals surface area contributed by atoms with Crippen LogP contribution in [-0.2, 0) is 21.0 Å². The zero-order valence-electron chi connectivity index (χ0n) is 12.8. The first kappa shape index (κ1) is 15.0. The van der Waals surface area contributed by atoms with Crippen LogP contribution in [0.2, 0.25) is 0 Å². The second-order valence-corrected chi connectivity index (χ2v) is 8.62. The van der Waals surface area contributed by atoms with Gasteiger partial charge in [-0.1, -0.05) is 41.9 Å². The molecule has 1 N–H and O–H groups in total. The Labute approximate surface area is 138 Å². The summed E-state index contributed by atoms with van der Waals surface area (Å²) in [7, 11) is 2.43. The molecule has 2 atom stereocenters. The van der Waals surface area contributed by atoms with Crippen molar-refractivity contribution in [2.24, 2.45) is 0 Å². The van der Waals surface area contributed by atoms with Crippen molar-refractivity contribution in [3.63, 3.8) is 0 Å². The monoisotopic (exact) mass is 323 g/mol. The lowest BCUT2D eigenvalue weighted by molar-refractivity contribution is 0.416. The van der Waals surface area contributed by atoms with Crippen LogP contribution in [0.25, 0.3) is 0 Å². The van der Waals surface area contributed by atoms with E-state index in [1.807, 2.05) is 24.3 Å². The molecular formula is C18H18BNO2S. The molecule has 4 rings (SSSR count). The maximum Gasteiger partial charge on any atom is 0.189 e. The Morgan fingerprint density at radius 1 is 1.13 bits per heavy atom. The quantitative estimate of drug-likeness (QED) is 0.851. The topological polar surface area (TPSA) is 46.2 Å². The molecule has 1 saturated heterocycles. The van der Waals surface area contributed by atoms with E-state index < -0.39 is 14.6 Å². The largest absolute Gasteiger partial charge is 0.312 e. The van der Waals surface area contributed by atoms with Crippen LogP contribution < -0.4 is 10.8 Å². The molecule has 0 saturated carbocycles. The van der Waals surface area contributed by atoms with Gasteiger partial charge in [0.25, 0.3) is 0 Å². The Morgan fingerprint density at radius 3 is 2.70 bits per heavy atom. The number of benzene rings is 2. The third-order valence-electron chi connectivity index (χ3n) is 5.27. The van der Waals surface area contributed by atoms with Crippen molar-refractivity contribution in [2.45, 2.75) is 34.9 Å². The minimum atomic E-state index is -3.49. The molecule has 1 heterocycles. The third kappa shape index (κ3) is 2.03. The van der Waals surface area contributed by atoms with Crippen molar-refractivity contribution in [2.75, 3.05) is 6.54 Å². The van der Waals surface area contributed by atoms with Gasteiger partial charge >= 0.3 is 0 Å². The van der Waals surface area contributed by atoms with Crippen LogP contribution in [-0.4, -0.2) is 28.9 Å². The first-order valence-corrected chi connectivity index (χ1v) is 9.46. The Morgan fingerprint density at radius 2 is 1.91 bits per heavy atom. The fourth-order valence-corrected chi connectivity index (χ4v) is 6.61. The minimum absolute atomic E-state index is 0.0381. The van der Waals surface area contributed by atoms with E-state index in [-0.39, 0.29) is 6.04 Å². The predicted molar refractivity (Wildman–Crippen MR) is 91.9 cm³/mol. The molecule has 2 aromatic rings.